The number of aryl methyl sites for hydroxylation is 2. The van der Waals surface area contributed by atoms with E-state index >= 15 is 0 Å². The van der Waals surface area contributed by atoms with Gasteiger partial charge in [-0.3, -0.25) is 4.90 Å². The van der Waals surface area contributed by atoms with Gasteiger partial charge in [-0.15, -0.1) is 34.2 Å². The number of halogens is 1. The molecule has 1 aromatic carbocycles. The van der Waals surface area contributed by atoms with E-state index in [0.29, 0.717) is 12.6 Å². The van der Waals surface area contributed by atoms with Crippen molar-refractivity contribution in [3.05, 3.63) is 47.0 Å². The van der Waals surface area contributed by atoms with E-state index in [0.717, 1.165) is 76.3 Å². The molecular weight excluding hydrogens is 529 g/mol. The summed E-state index contributed by atoms with van der Waals surface area (Å²) in [5.74, 6) is 2.61. The number of aromatic nitrogens is 3. The molecule has 1 aliphatic rings. The van der Waals surface area contributed by atoms with E-state index in [-0.39, 0.29) is 24.0 Å². The Balaban J connectivity index is 0.00000385. The maximum Gasteiger partial charge on any atom is 0.191 e. The van der Waals surface area contributed by atoms with Crippen molar-refractivity contribution in [1.82, 2.24) is 30.3 Å². The van der Waals surface area contributed by atoms with Crippen molar-refractivity contribution in [2.75, 3.05) is 32.8 Å². The average molecular weight is 570 g/mol. The molecular formula is C24H40IN7O. The fraction of sp³-hybridized carbons (Fsp3) is 0.625. The molecule has 2 heterocycles. The first-order chi connectivity index (χ1) is 15.6. The summed E-state index contributed by atoms with van der Waals surface area (Å²) in [7, 11) is 1.98. The number of nitrogens with one attached hydrogen (secondary N) is 2. The smallest absolute Gasteiger partial charge is 0.191 e. The van der Waals surface area contributed by atoms with Crippen molar-refractivity contribution in [2.24, 2.45) is 12.0 Å². The first-order valence-corrected chi connectivity index (χ1v) is 11.8. The number of ether oxygens (including phenoxy) is 1. The maximum atomic E-state index is 5.45. The van der Waals surface area contributed by atoms with Gasteiger partial charge in [0.15, 0.2) is 11.8 Å². The third kappa shape index (κ3) is 8.86. The molecule has 0 bridgehead atoms. The zero-order valence-electron chi connectivity index (χ0n) is 20.5. The Morgan fingerprint density at radius 1 is 1.18 bits per heavy atom. The van der Waals surface area contributed by atoms with Crippen LogP contribution in [0.25, 0.3) is 0 Å². The van der Waals surface area contributed by atoms with Gasteiger partial charge in [0.05, 0.1) is 0 Å². The molecule has 1 aromatic heterocycles. The summed E-state index contributed by atoms with van der Waals surface area (Å²) >= 11 is 0. The molecule has 2 N–H and O–H groups in total. The van der Waals surface area contributed by atoms with Crippen molar-refractivity contribution in [3.8, 4) is 0 Å². The van der Waals surface area contributed by atoms with Gasteiger partial charge < -0.3 is 19.9 Å². The van der Waals surface area contributed by atoms with Crippen molar-refractivity contribution in [3.63, 3.8) is 0 Å². The first kappa shape index (κ1) is 27.5. The van der Waals surface area contributed by atoms with Gasteiger partial charge in [0.2, 0.25) is 0 Å². The fourth-order valence-electron chi connectivity index (χ4n) is 3.87. The number of likely N-dealkylation sites (tertiary alicyclic amines) is 1. The Labute approximate surface area is 215 Å². The van der Waals surface area contributed by atoms with Gasteiger partial charge in [-0.1, -0.05) is 24.3 Å². The number of guanidine groups is 1. The largest absolute Gasteiger partial charge is 0.382 e. The highest BCUT2D eigenvalue weighted by atomic mass is 127. The van der Waals surface area contributed by atoms with Crippen LogP contribution in [0.5, 0.6) is 0 Å². The van der Waals surface area contributed by atoms with Gasteiger partial charge in [0, 0.05) is 52.5 Å². The van der Waals surface area contributed by atoms with Crippen molar-refractivity contribution < 1.29 is 4.74 Å². The van der Waals surface area contributed by atoms with E-state index in [1.807, 2.05) is 25.5 Å². The van der Waals surface area contributed by atoms with Crippen LogP contribution in [0.1, 0.15) is 49.0 Å². The number of aliphatic imine (C=N–C) groups is 1. The number of hydrogen-bond donors (Lipinski definition) is 2. The lowest BCUT2D eigenvalue weighted by Crippen LogP contribution is -2.48. The highest BCUT2D eigenvalue weighted by Crippen LogP contribution is 2.16. The van der Waals surface area contributed by atoms with Crippen molar-refractivity contribution in [1.29, 1.82) is 0 Å². The second-order valence-corrected chi connectivity index (χ2v) is 8.49. The molecule has 2 aromatic rings. The van der Waals surface area contributed by atoms with Crippen LogP contribution in [0.15, 0.2) is 29.3 Å². The van der Waals surface area contributed by atoms with Crippen LogP contribution in [-0.2, 0) is 24.9 Å². The van der Waals surface area contributed by atoms with E-state index in [4.69, 9.17) is 9.73 Å². The summed E-state index contributed by atoms with van der Waals surface area (Å²) in [6.07, 6.45) is 3.16. The Hall–Kier alpha value is -1.72. The standard InChI is InChI=1S/C24H39N7O.HI/c1-5-32-16-8-13-25-24(26-17-23-29-28-20(3)30(23)4)27-22-11-14-31(15-12-22)18-21-10-7-6-9-19(21)2;/h6-7,9-10,22H,5,8,11-18H2,1-4H3,(H2,25,26,27);1H. The van der Waals surface area contributed by atoms with Crippen LogP contribution >= 0.6 is 24.0 Å². The molecule has 0 atom stereocenters. The summed E-state index contributed by atoms with van der Waals surface area (Å²) in [4.78, 5) is 7.35. The molecule has 33 heavy (non-hydrogen) atoms. The Morgan fingerprint density at radius 2 is 1.94 bits per heavy atom. The van der Waals surface area contributed by atoms with Gasteiger partial charge in [-0.2, -0.15) is 0 Å². The Bertz CT molecular complexity index is 862. The van der Waals surface area contributed by atoms with Gasteiger partial charge in [0.1, 0.15) is 12.4 Å². The van der Waals surface area contributed by atoms with Crippen molar-refractivity contribution >= 4 is 29.9 Å². The lowest BCUT2D eigenvalue weighted by Gasteiger charge is -2.33. The topological polar surface area (TPSA) is 79.6 Å². The second-order valence-electron chi connectivity index (χ2n) is 8.49. The van der Waals surface area contributed by atoms with E-state index in [1.54, 1.807) is 0 Å². The van der Waals surface area contributed by atoms with Gasteiger partial charge in [0.25, 0.3) is 0 Å². The zero-order valence-corrected chi connectivity index (χ0v) is 22.8. The van der Waals surface area contributed by atoms with Crippen molar-refractivity contribution in [2.45, 2.75) is 59.2 Å². The molecule has 184 valence electrons. The lowest BCUT2D eigenvalue weighted by atomic mass is 10.0. The minimum Gasteiger partial charge on any atom is -0.382 e. The predicted octanol–water partition coefficient (Wildman–Crippen LogP) is 3.18. The molecule has 3 rings (SSSR count). The summed E-state index contributed by atoms with van der Waals surface area (Å²) in [6.45, 7) is 12.2. The SMILES string of the molecule is CCOCCCNC(=NCc1nnc(C)n1C)NC1CCN(Cc2ccccc2C)CC1.I. The van der Waals surface area contributed by atoms with E-state index in [9.17, 15) is 0 Å². The predicted molar refractivity (Wildman–Crippen MR) is 144 cm³/mol. The van der Waals surface area contributed by atoms with Gasteiger partial charge in [-0.25, -0.2) is 4.99 Å². The Kier molecular flexibility index (Phi) is 12.1. The van der Waals surface area contributed by atoms with Crippen LogP contribution in [-0.4, -0.2) is 64.5 Å². The van der Waals surface area contributed by atoms with E-state index < -0.39 is 0 Å². The van der Waals surface area contributed by atoms with Crippen LogP contribution in [0.2, 0.25) is 0 Å². The maximum absolute atomic E-state index is 5.45. The molecule has 0 saturated carbocycles. The molecule has 0 unspecified atom stereocenters. The molecule has 0 amide bonds. The number of rotatable bonds is 10. The van der Waals surface area contributed by atoms with Crippen LogP contribution in [0.4, 0.5) is 0 Å². The molecule has 8 nitrogen and oxygen atoms in total. The second kappa shape index (κ2) is 14.5. The third-order valence-corrected chi connectivity index (χ3v) is 6.11. The summed E-state index contributed by atoms with van der Waals surface area (Å²) < 4.78 is 7.44. The molecule has 1 fully saturated rings. The number of benzene rings is 1. The zero-order chi connectivity index (χ0) is 22.8. The van der Waals surface area contributed by atoms with Gasteiger partial charge in [-0.05, 0) is 51.2 Å². The molecule has 1 aliphatic heterocycles. The average Bonchev–Trinajstić information content (AvgIpc) is 3.12. The normalized spacial score (nSPS) is 15.3. The van der Waals surface area contributed by atoms with Crippen LogP contribution < -0.4 is 10.6 Å². The molecule has 0 spiro atoms. The summed E-state index contributed by atoms with van der Waals surface area (Å²) in [5, 5.41) is 15.5. The highest BCUT2D eigenvalue weighted by molar-refractivity contribution is 14.0. The summed E-state index contributed by atoms with van der Waals surface area (Å²) in [6, 6.07) is 9.10. The fourth-order valence-corrected chi connectivity index (χ4v) is 3.87. The third-order valence-electron chi connectivity index (χ3n) is 6.11. The molecule has 0 aliphatic carbocycles. The van der Waals surface area contributed by atoms with Crippen LogP contribution in [0.3, 0.4) is 0 Å². The monoisotopic (exact) mass is 569 g/mol. The molecule has 1 saturated heterocycles. The minimum atomic E-state index is 0. The highest BCUT2D eigenvalue weighted by Gasteiger charge is 2.20. The van der Waals surface area contributed by atoms with Gasteiger partial charge >= 0.3 is 0 Å². The number of nitrogens with zero attached hydrogens (tertiary/aromatic N) is 5. The quantitative estimate of drug-likeness (QED) is 0.198. The number of hydrogen-bond acceptors (Lipinski definition) is 5. The van der Waals surface area contributed by atoms with Crippen LogP contribution in [0, 0.1) is 13.8 Å². The first-order valence-electron chi connectivity index (χ1n) is 11.8. The molecule has 0 radical (unpaired) electrons. The summed E-state index contributed by atoms with van der Waals surface area (Å²) in [5.41, 5.74) is 2.80. The van der Waals surface area contributed by atoms with E-state index in [1.165, 1.54) is 11.1 Å². The number of piperidine rings is 1. The molecule has 9 heteroatoms. The van der Waals surface area contributed by atoms with E-state index in [2.05, 4.69) is 56.9 Å². The lowest BCUT2D eigenvalue weighted by molar-refractivity contribution is 0.145. The minimum absolute atomic E-state index is 0. The Morgan fingerprint density at radius 3 is 2.61 bits per heavy atom.